The zero-order chi connectivity index (χ0) is 14.1. The van der Waals surface area contributed by atoms with Crippen molar-refractivity contribution in [3.05, 3.63) is 30.2 Å². The van der Waals surface area contributed by atoms with Gasteiger partial charge >= 0.3 is 0 Å². The van der Waals surface area contributed by atoms with Gasteiger partial charge in [0.25, 0.3) is 0 Å². The van der Waals surface area contributed by atoms with Gasteiger partial charge in [0.05, 0.1) is 19.0 Å². The molecule has 0 radical (unpaired) electrons. The Morgan fingerprint density at radius 1 is 1.35 bits per heavy atom. The van der Waals surface area contributed by atoms with Gasteiger partial charge in [0.2, 0.25) is 0 Å². The SMILES string of the molecule is COc1ccc2nc(CC3CCCN3C(C)C)cn2c1. The molecular weight excluding hydrogens is 250 g/mol. The van der Waals surface area contributed by atoms with Crippen LogP contribution in [0.3, 0.4) is 0 Å². The summed E-state index contributed by atoms with van der Waals surface area (Å²) in [6, 6.07) is 5.24. The second kappa shape index (κ2) is 5.44. The van der Waals surface area contributed by atoms with Gasteiger partial charge in [-0.1, -0.05) is 0 Å². The van der Waals surface area contributed by atoms with Gasteiger partial charge in [-0.15, -0.1) is 0 Å². The Kier molecular flexibility index (Phi) is 3.66. The van der Waals surface area contributed by atoms with Crippen molar-refractivity contribution in [1.29, 1.82) is 0 Å². The van der Waals surface area contributed by atoms with Crippen molar-refractivity contribution >= 4 is 5.65 Å². The Morgan fingerprint density at radius 2 is 2.20 bits per heavy atom. The summed E-state index contributed by atoms with van der Waals surface area (Å²) in [5.41, 5.74) is 2.17. The third-order valence-electron chi connectivity index (χ3n) is 4.24. The second-order valence-electron chi connectivity index (χ2n) is 5.90. The molecule has 1 aliphatic rings. The minimum absolute atomic E-state index is 0.625. The smallest absolute Gasteiger partial charge is 0.137 e. The molecule has 108 valence electrons. The number of nitrogens with zero attached hydrogens (tertiary/aromatic N) is 3. The molecule has 0 saturated carbocycles. The largest absolute Gasteiger partial charge is 0.495 e. The van der Waals surface area contributed by atoms with Crippen molar-refractivity contribution < 1.29 is 4.74 Å². The lowest BCUT2D eigenvalue weighted by Gasteiger charge is -2.27. The van der Waals surface area contributed by atoms with Gasteiger partial charge in [0.15, 0.2) is 0 Å². The van der Waals surface area contributed by atoms with E-state index in [4.69, 9.17) is 9.72 Å². The van der Waals surface area contributed by atoms with Crippen molar-refractivity contribution in [2.75, 3.05) is 13.7 Å². The van der Waals surface area contributed by atoms with E-state index >= 15 is 0 Å². The fraction of sp³-hybridized carbons (Fsp3) is 0.562. The quantitative estimate of drug-likeness (QED) is 0.858. The van der Waals surface area contributed by atoms with E-state index in [1.165, 1.54) is 25.1 Å². The molecule has 1 unspecified atom stereocenters. The molecule has 0 bridgehead atoms. The highest BCUT2D eigenvalue weighted by molar-refractivity contribution is 5.43. The number of imidazole rings is 1. The van der Waals surface area contributed by atoms with Gasteiger partial charge in [0, 0.05) is 24.7 Å². The number of likely N-dealkylation sites (tertiary alicyclic amines) is 1. The van der Waals surface area contributed by atoms with Crippen molar-refractivity contribution in [2.45, 2.75) is 45.2 Å². The van der Waals surface area contributed by atoms with E-state index in [1.807, 2.05) is 18.3 Å². The zero-order valence-electron chi connectivity index (χ0n) is 12.5. The van der Waals surface area contributed by atoms with Crippen LogP contribution in [-0.2, 0) is 6.42 Å². The van der Waals surface area contributed by atoms with Gasteiger partial charge < -0.3 is 9.14 Å². The van der Waals surface area contributed by atoms with Crippen molar-refractivity contribution in [1.82, 2.24) is 14.3 Å². The van der Waals surface area contributed by atoms with Crippen LogP contribution in [0.5, 0.6) is 5.75 Å². The number of ether oxygens (including phenoxy) is 1. The lowest BCUT2D eigenvalue weighted by atomic mass is 10.1. The fourth-order valence-corrected chi connectivity index (χ4v) is 3.24. The zero-order valence-corrected chi connectivity index (χ0v) is 12.5. The monoisotopic (exact) mass is 273 g/mol. The highest BCUT2D eigenvalue weighted by atomic mass is 16.5. The Hall–Kier alpha value is -1.55. The predicted molar refractivity (Wildman–Crippen MR) is 80.3 cm³/mol. The molecule has 20 heavy (non-hydrogen) atoms. The van der Waals surface area contributed by atoms with Crippen LogP contribution in [0.1, 0.15) is 32.4 Å². The molecule has 4 nitrogen and oxygen atoms in total. The molecule has 1 saturated heterocycles. The normalized spacial score (nSPS) is 20.1. The van der Waals surface area contributed by atoms with Crippen LogP contribution in [0.4, 0.5) is 0 Å². The minimum atomic E-state index is 0.625. The average Bonchev–Trinajstić information content (AvgIpc) is 3.03. The van der Waals surface area contributed by atoms with Crippen LogP contribution in [-0.4, -0.2) is 40.0 Å². The third-order valence-corrected chi connectivity index (χ3v) is 4.24. The molecule has 1 atom stereocenters. The summed E-state index contributed by atoms with van der Waals surface area (Å²) < 4.78 is 7.32. The lowest BCUT2D eigenvalue weighted by Crippen LogP contribution is -2.36. The fourth-order valence-electron chi connectivity index (χ4n) is 3.24. The first-order chi connectivity index (χ1) is 9.67. The van der Waals surface area contributed by atoms with E-state index in [-0.39, 0.29) is 0 Å². The number of aromatic nitrogens is 2. The number of hydrogen-bond donors (Lipinski definition) is 0. The molecule has 0 amide bonds. The molecule has 0 spiro atoms. The lowest BCUT2D eigenvalue weighted by molar-refractivity contribution is 0.202. The Balaban J connectivity index is 1.80. The van der Waals surface area contributed by atoms with Crippen molar-refractivity contribution in [3.63, 3.8) is 0 Å². The van der Waals surface area contributed by atoms with Crippen LogP contribution >= 0.6 is 0 Å². The highest BCUT2D eigenvalue weighted by Gasteiger charge is 2.27. The molecule has 0 aromatic carbocycles. The summed E-state index contributed by atoms with van der Waals surface area (Å²) >= 11 is 0. The van der Waals surface area contributed by atoms with Crippen LogP contribution in [0.2, 0.25) is 0 Å². The van der Waals surface area contributed by atoms with Crippen molar-refractivity contribution in [2.24, 2.45) is 0 Å². The average molecular weight is 273 g/mol. The topological polar surface area (TPSA) is 29.8 Å². The number of methoxy groups -OCH3 is 1. The third kappa shape index (κ3) is 2.52. The molecule has 3 heterocycles. The van der Waals surface area contributed by atoms with E-state index in [1.54, 1.807) is 7.11 Å². The maximum Gasteiger partial charge on any atom is 0.137 e. The molecular formula is C16H23N3O. The van der Waals surface area contributed by atoms with E-state index in [0.29, 0.717) is 12.1 Å². The van der Waals surface area contributed by atoms with Crippen LogP contribution < -0.4 is 4.74 Å². The summed E-state index contributed by atoms with van der Waals surface area (Å²) in [5.74, 6) is 0.867. The molecule has 2 aromatic rings. The van der Waals surface area contributed by atoms with Gasteiger partial charge in [-0.2, -0.15) is 0 Å². The maximum atomic E-state index is 5.26. The Labute approximate surface area is 120 Å². The van der Waals surface area contributed by atoms with Gasteiger partial charge in [-0.3, -0.25) is 4.90 Å². The number of rotatable bonds is 4. The highest BCUT2D eigenvalue weighted by Crippen LogP contribution is 2.23. The first-order valence-corrected chi connectivity index (χ1v) is 7.45. The molecule has 2 aromatic heterocycles. The number of pyridine rings is 1. The van der Waals surface area contributed by atoms with E-state index < -0.39 is 0 Å². The Bertz CT molecular complexity index is 590. The number of fused-ring (bicyclic) bond motifs is 1. The molecule has 0 aliphatic carbocycles. The van der Waals surface area contributed by atoms with Gasteiger partial charge in [-0.05, 0) is 45.4 Å². The predicted octanol–water partition coefficient (Wildman–Crippen LogP) is 2.76. The van der Waals surface area contributed by atoms with E-state index in [2.05, 4.69) is 29.3 Å². The summed E-state index contributed by atoms with van der Waals surface area (Å²) in [5, 5.41) is 0. The first-order valence-electron chi connectivity index (χ1n) is 7.45. The van der Waals surface area contributed by atoms with Crippen LogP contribution in [0, 0.1) is 0 Å². The molecule has 1 fully saturated rings. The summed E-state index contributed by atoms with van der Waals surface area (Å²) in [7, 11) is 1.69. The van der Waals surface area contributed by atoms with E-state index in [0.717, 1.165) is 17.8 Å². The summed E-state index contributed by atoms with van der Waals surface area (Å²) in [4.78, 5) is 7.33. The standard InChI is InChI=1S/C16H23N3O/c1-12(2)19-8-4-5-14(19)9-13-10-18-11-15(20-3)6-7-16(18)17-13/h6-7,10-12,14H,4-5,8-9H2,1-3H3. The van der Waals surface area contributed by atoms with E-state index in [9.17, 15) is 0 Å². The maximum absolute atomic E-state index is 5.26. The van der Waals surface area contributed by atoms with Gasteiger partial charge in [0.1, 0.15) is 11.4 Å². The summed E-state index contributed by atoms with van der Waals surface area (Å²) in [6.45, 7) is 5.79. The molecule has 4 heteroatoms. The molecule has 0 N–H and O–H groups in total. The second-order valence-corrected chi connectivity index (χ2v) is 5.90. The number of hydrogen-bond acceptors (Lipinski definition) is 3. The minimum Gasteiger partial charge on any atom is -0.495 e. The van der Waals surface area contributed by atoms with Crippen LogP contribution in [0.15, 0.2) is 24.5 Å². The Morgan fingerprint density at radius 3 is 2.95 bits per heavy atom. The van der Waals surface area contributed by atoms with Crippen LogP contribution in [0.25, 0.3) is 5.65 Å². The summed E-state index contributed by atoms with van der Waals surface area (Å²) in [6.07, 6.45) is 7.76. The van der Waals surface area contributed by atoms with Gasteiger partial charge in [-0.25, -0.2) is 4.98 Å². The molecule has 3 rings (SSSR count). The first kappa shape index (κ1) is 13.4. The van der Waals surface area contributed by atoms with Crippen molar-refractivity contribution in [3.8, 4) is 5.75 Å². The molecule has 1 aliphatic heterocycles.